The summed E-state index contributed by atoms with van der Waals surface area (Å²) in [4.78, 5) is 5.01. The monoisotopic (exact) mass is 367 g/mol. The summed E-state index contributed by atoms with van der Waals surface area (Å²) in [7, 11) is 0. The molecule has 0 aliphatic heterocycles. The predicted molar refractivity (Wildman–Crippen MR) is 112 cm³/mol. The van der Waals surface area contributed by atoms with E-state index in [2.05, 4.69) is 78.3 Å². The molecule has 3 heterocycles. The summed E-state index contributed by atoms with van der Waals surface area (Å²) >= 11 is 1.68. The number of hydrogen-bond acceptors (Lipinski definition) is 3. The van der Waals surface area contributed by atoms with Gasteiger partial charge in [0.2, 0.25) is 0 Å². The third-order valence-corrected chi connectivity index (χ3v) is 5.40. The number of fused-ring (bicyclic) bond motifs is 1. The maximum atomic E-state index is 5.01. The highest BCUT2D eigenvalue weighted by molar-refractivity contribution is 7.08. The van der Waals surface area contributed by atoms with Gasteiger partial charge in [-0.1, -0.05) is 60.7 Å². The first kappa shape index (κ1) is 16.0. The fraction of sp³-hybridized carbons (Fsp3) is 0.0435. The minimum Gasteiger partial charge on any atom is -0.228 e. The van der Waals surface area contributed by atoms with Crippen LogP contribution < -0.4 is 0 Å². The molecule has 5 aromatic rings. The van der Waals surface area contributed by atoms with Crippen molar-refractivity contribution in [3.05, 3.63) is 89.3 Å². The second kappa shape index (κ2) is 6.49. The molecule has 0 fully saturated rings. The zero-order chi connectivity index (χ0) is 18.2. The second-order valence-electron chi connectivity index (χ2n) is 6.47. The van der Waals surface area contributed by atoms with Crippen LogP contribution in [-0.2, 0) is 0 Å². The van der Waals surface area contributed by atoms with Crippen LogP contribution in [0.15, 0.2) is 83.6 Å². The standard InChI is InChI=1S/C23H17N3S/c1-16-22(18-10-6-3-7-11-18)23-24-20(19-12-13-27-15-19)14-21(26(23)25-16)17-8-4-2-5-9-17/h2-15H,1H3. The van der Waals surface area contributed by atoms with E-state index >= 15 is 0 Å². The largest absolute Gasteiger partial charge is 0.228 e. The van der Waals surface area contributed by atoms with Crippen LogP contribution in [0, 0.1) is 6.92 Å². The number of hydrogen-bond donors (Lipinski definition) is 0. The average molecular weight is 367 g/mol. The molecule has 0 aliphatic rings. The fourth-order valence-corrected chi connectivity index (χ4v) is 4.09. The Hall–Kier alpha value is -3.24. The minimum absolute atomic E-state index is 0.890. The molecular formula is C23H17N3S. The number of nitrogens with zero attached hydrogens (tertiary/aromatic N) is 3. The molecule has 0 radical (unpaired) electrons. The Balaban J connectivity index is 1.87. The molecule has 0 saturated carbocycles. The Labute approximate surface area is 161 Å². The topological polar surface area (TPSA) is 30.2 Å². The Bertz CT molecular complexity index is 1210. The molecule has 3 nitrogen and oxygen atoms in total. The summed E-state index contributed by atoms with van der Waals surface area (Å²) in [6, 6.07) is 25.0. The molecule has 3 aromatic heterocycles. The maximum Gasteiger partial charge on any atom is 0.164 e. The van der Waals surface area contributed by atoms with E-state index in [1.807, 2.05) is 16.6 Å². The summed E-state index contributed by atoms with van der Waals surface area (Å²) in [6.07, 6.45) is 0. The van der Waals surface area contributed by atoms with Crippen LogP contribution in [0.3, 0.4) is 0 Å². The van der Waals surface area contributed by atoms with Gasteiger partial charge in [-0.3, -0.25) is 0 Å². The summed E-state index contributed by atoms with van der Waals surface area (Å²) in [5, 5.41) is 9.07. The smallest absolute Gasteiger partial charge is 0.164 e. The number of benzene rings is 2. The van der Waals surface area contributed by atoms with Crippen LogP contribution in [0.25, 0.3) is 39.3 Å². The maximum absolute atomic E-state index is 5.01. The molecule has 0 N–H and O–H groups in total. The van der Waals surface area contributed by atoms with Crippen molar-refractivity contribution in [1.29, 1.82) is 0 Å². The predicted octanol–water partition coefficient (Wildman–Crippen LogP) is 6.10. The van der Waals surface area contributed by atoms with Crippen molar-refractivity contribution in [2.24, 2.45) is 0 Å². The average Bonchev–Trinajstić information content (AvgIpc) is 3.36. The molecule has 0 aliphatic carbocycles. The zero-order valence-electron chi connectivity index (χ0n) is 14.8. The summed E-state index contributed by atoms with van der Waals surface area (Å²) in [6.45, 7) is 2.05. The molecule has 27 heavy (non-hydrogen) atoms. The van der Waals surface area contributed by atoms with E-state index < -0.39 is 0 Å². The third kappa shape index (κ3) is 2.75. The van der Waals surface area contributed by atoms with Crippen molar-refractivity contribution in [1.82, 2.24) is 14.6 Å². The first-order valence-electron chi connectivity index (χ1n) is 8.85. The van der Waals surface area contributed by atoms with Crippen LogP contribution in [0.1, 0.15) is 5.69 Å². The molecule has 130 valence electrons. The van der Waals surface area contributed by atoms with Crippen LogP contribution in [-0.4, -0.2) is 14.6 Å². The van der Waals surface area contributed by atoms with E-state index in [0.29, 0.717) is 0 Å². The lowest BCUT2D eigenvalue weighted by molar-refractivity contribution is 0.926. The first-order chi connectivity index (χ1) is 13.3. The molecule has 0 spiro atoms. The number of rotatable bonds is 3. The van der Waals surface area contributed by atoms with E-state index in [-0.39, 0.29) is 0 Å². The van der Waals surface area contributed by atoms with Gasteiger partial charge in [-0.2, -0.15) is 16.4 Å². The number of aryl methyl sites for hydroxylation is 1. The number of aromatic nitrogens is 3. The van der Waals surface area contributed by atoms with Gasteiger partial charge in [-0.15, -0.1) is 0 Å². The van der Waals surface area contributed by atoms with Crippen molar-refractivity contribution >= 4 is 17.0 Å². The van der Waals surface area contributed by atoms with Gasteiger partial charge in [-0.25, -0.2) is 9.50 Å². The molecule has 0 amide bonds. The van der Waals surface area contributed by atoms with Crippen molar-refractivity contribution in [3.63, 3.8) is 0 Å². The lowest BCUT2D eigenvalue weighted by Gasteiger charge is -2.09. The van der Waals surface area contributed by atoms with Gasteiger partial charge < -0.3 is 0 Å². The number of thiophene rings is 1. The fourth-order valence-electron chi connectivity index (χ4n) is 3.44. The van der Waals surface area contributed by atoms with Crippen LogP contribution in [0.5, 0.6) is 0 Å². The Kier molecular flexibility index (Phi) is 3.84. The van der Waals surface area contributed by atoms with Gasteiger partial charge in [0.05, 0.1) is 17.1 Å². The van der Waals surface area contributed by atoms with E-state index in [4.69, 9.17) is 10.1 Å². The quantitative estimate of drug-likeness (QED) is 0.386. The third-order valence-electron chi connectivity index (χ3n) is 4.71. The Morgan fingerprint density at radius 1 is 0.815 bits per heavy atom. The van der Waals surface area contributed by atoms with Crippen molar-refractivity contribution in [3.8, 4) is 33.6 Å². The minimum atomic E-state index is 0.890. The van der Waals surface area contributed by atoms with Crippen molar-refractivity contribution < 1.29 is 0 Å². The van der Waals surface area contributed by atoms with Crippen LogP contribution >= 0.6 is 11.3 Å². The van der Waals surface area contributed by atoms with Gasteiger partial charge in [0.25, 0.3) is 0 Å². The summed E-state index contributed by atoms with van der Waals surface area (Å²) in [5.74, 6) is 0. The molecule has 0 saturated heterocycles. The van der Waals surface area contributed by atoms with Crippen LogP contribution in [0.4, 0.5) is 0 Å². The van der Waals surface area contributed by atoms with E-state index in [9.17, 15) is 0 Å². The van der Waals surface area contributed by atoms with Gasteiger partial charge in [-0.05, 0) is 30.0 Å². The highest BCUT2D eigenvalue weighted by Gasteiger charge is 2.18. The highest BCUT2D eigenvalue weighted by atomic mass is 32.1. The van der Waals surface area contributed by atoms with E-state index in [1.165, 1.54) is 0 Å². The van der Waals surface area contributed by atoms with E-state index in [0.717, 1.165) is 45.0 Å². The van der Waals surface area contributed by atoms with Gasteiger partial charge in [0, 0.05) is 22.1 Å². The first-order valence-corrected chi connectivity index (χ1v) is 9.79. The second-order valence-corrected chi connectivity index (χ2v) is 7.25. The van der Waals surface area contributed by atoms with Crippen molar-refractivity contribution in [2.75, 3.05) is 0 Å². The molecule has 5 rings (SSSR count). The lowest BCUT2D eigenvalue weighted by Crippen LogP contribution is -1.98. The highest BCUT2D eigenvalue weighted by Crippen LogP contribution is 2.33. The van der Waals surface area contributed by atoms with Gasteiger partial charge >= 0.3 is 0 Å². The normalized spacial score (nSPS) is 11.1. The molecule has 0 atom stereocenters. The molecular weight excluding hydrogens is 350 g/mol. The lowest BCUT2D eigenvalue weighted by atomic mass is 10.1. The van der Waals surface area contributed by atoms with E-state index in [1.54, 1.807) is 11.3 Å². The molecule has 0 bridgehead atoms. The van der Waals surface area contributed by atoms with Gasteiger partial charge in [0.1, 0.15) is 0 Å². The zero-order valence-corrected chi connectivity index (χ0v) is 15.6. The van der Waals surface area contributed by atoms with Gasteiger partial charge in [0.15, 0.2) is 5.65 Å². The molecule has 2 aromatic carbocycles. The van der Waals surface area contributed by atoms with Crippen LogP contribution in [0.2, 0.25) is 0 Å². The Morgan fingerprint density at radius 2 is 1.52 bits per heavy atom. The molecule has 0 unspecified atom stereocenters. The molecule has 4 heteroatoms. The summed E-state index contributed by atoms with van der Waals surface area (Å²) < 4.78 is 1.98. The van der Waals surface area contributed by atoms with Crippen molar-refractivity contribution in [2.45, 2.75) is 6.92 Å². The SMILES string of the molecule is Cc1nn2c(-c3ccccc3)cc(-c3ccsc3)nc2c1-c1ccccc1. The summed E-state index contributed by atoms with van der Waals surface area (Å²) in [5.41, 5.74) is 8.38. The Morgan fingerprint density at radius 3 is 2.19 bits per heavy atom.